The summed E-state index contributed by atoms with van der Waals surface area (Å²) in [5.74, 6) is 0. The number of amides is 1. The van der Waals surface area contributed by atoms with Crippen molar-refractivity contribution in [1.82, 2.24) is 15.3 Å². The van der Waals surface area contributed by atoms with Crippen LogP contribution in [0.2, 0.25) is 5.15 Å². The van der Waals surface area contributed by atoms with Gasteiger partial charge in [0.2, 0.25) is 0 Å². The summed E-state index contributed by atoms with van der Waals surface area (Å²) in [6.45, 7) is 6.03. The van der Waals surface area contributed by atoms with E-state index in [1.807, 2.05) is 51.2 Å². The Morgan fingerprint density at radius 3 is 2.83 bits per heavy atom. The number of ether oxygens (including phenoxy) is 1. The number of H-pyrrole nitrogens is 1. The molecule has 1 atom stereocenters. The summed E-state index contributed by atoms with van der Waals surface area (Å²) in [6.07, 6.45) is 3.83. The van der Waals surface area contributed by atoms with Crippen LogP contribution in [0.5, 0.6) is 0 Å². The summed E-state index contributed by atoms with van der Waals surface area (Å²) in [6, 6.07) is 9.75. The van der Waals surface area contributed by atoms with E-state index < -0.39 is 11.7 Å². The third-order valence-corrected chi connectivity index (χ3v) is 5.34. The molecule has 154 valence electrons. The predicted octanol–water partition coefficient (Wildman–Crippen LogP) is 5.53. The Kier molecular flexibility index (Phi) is 6.70. The zero-order valence-electron chi connectivity index (χ0n) is 16.6. The summed E-state index contributed by atoms with van der Waals surface area (Å²) in [7, 11) is 0. The minimum absolute atomic E-state index is 0.196. The van der Waals surface area contributed by atoms with Gasteiger partial charge in [-0.3, -0.25) is 0 Å². The largest absolute Gasteiger partial charge is 0.444 e. The summed E-state index contributed by atoms with van der Waals surface area (Å²) >= 11 is 9.34. The number of pyridine rings is 1. The number of anilines is 1. The first-order valence-corrected chi connectivity index (χ1v) is 10.5. The van der Waals surface area contributed by atoms with Gasteiger partial charge in [0.1, 0.15) is 10.8 Å². The molecular formula is C21H24BrClN4O2. The molecule has 0 unspecified atom stereocenters. The fourth-order valence-corrected chi connectivity index (χ4v) is 3.43. The average molecular weight is 480 g/mol. The van der Waals surface area contributed by atoms with Crippen molar-refractivity contribution < 1.29 is 9.53 Å². The maximum Gasteiger partial charge on any atom is 0.407 e. The number of para-hydroxylation sites is 1. The number of alkyl carbamates (subject to hydrolysis) is 1. The van der Waals surface area contributed by atoms with Crippen molar-refractivity contribution in [3.63, 3.8) is 0 Å². The zero-order valence-corrected chi connectivity index (χ0v) is 18.9. The summed E-state index contributed by atoms with van der Waals surface area (Å²) in [5.41, 5.74) is 2.43. The van der Waals surface area contributed by atoms with Crippen molar-refractivity contribution in [3.05, 3.63) is 57.9 Å². The van der Waals surface area contributed by atoms with E-state index in [0.29, 0.717) is 22.6 Å². The fourth-order valence-electron chi connectivity index (χ4n) is 2.97. The van der Waals surface area contributed by atoms with Crippen molar-refractivity contribution in [2.24, 2.45) is 0 Å². The van der Waals surface area contributed by atoms with Crippen molar-refractivity contribution in [1.29, 1.82) is 0 Å². The van der Waals surface area contributed by atoms with Crippen LogP contribution in [0, 0.1) is 0 Å². The van der Waals surface area contributed by atoms with Crippen LogP contribution in [0.3, 0.4) is 0 Å². The predicted molar refractivity (Wildman–Crippen MR) is 121 cm³/mol. The third-order valence-electron chi connectivity index (χ3n) is 4.21. The highest BCUT2D eigenvalue weighted by Crippen LogP contribution is 2.23. The molecule has 1 aromatic carbocycles. The van der Waals surface area contributed by atoms with Gasteiger partial charge in [-0.25, -0.2) is 9.78 Å². The lowest BCUT2D eigenvalue weighted by Crippen LogP contribution is -2.43. The number of nitrogens with zero attached hydrogens (tertiary/aromatic N) is 1. The normalized spacial score (nSPS) is 12.6. The number of carbonyl (C=O) groups excluding carboxylic acids is 1. The van der Waals surface area contributed by atoms with Gasteiger partial charge in [0, 0.05) is 23.6 Å². The van der Waals surface area contributed by atoms with Crippen molar-refractivity contribution in [3.8, 4) is 0 Å². The van der Waals surface area contributed by atoms with Crippen LogP contribution in [-0.4, -0.2) is 34.2 Å². The van der Waals surface area contributed by atoms with Crippen LogP contribution in [0.1, 0.15) is 26.3 Å². The molecule has 8 heteroatoms. The second kappa shape index (κ2) is 9.05. The van der Waals surface area contributed by atoms with Crippen molar-refractivity contribution in [2.45, 2.75) is 38.8 Å². The first-order chi connectivity index (χ1) is 13.7. The number of benzene rings is 1. The Bertz CT molecular complexity index is 1000. The summed E-state index contributed by atoms with van der Waals surface area (Å²) < 4.78 is 6.14. The highest BCUT2D eigenvalue weighted by atomic mass is 79.9. The molecule has 0 fully saturated rings. The quantitative estimate of drug-likeness (QED) is 0.406. The Hall–Kier alpha value is -2.25. The van der Waals surface area contributed by atoms with Gasteiger partial charge in [0.15, 0.2) is 0 Å². The number of aromatic amines is 1. The molecule has 3 rings (SSSR count). The number of nitrogens with one attached hydrogen (secondary N) is 3. The van der Waals surface area contributed by atoms with Gasteiger partial charge in [-0.2, -0.15) is 0 Å². The minimum Gasteiger partial charge on any atom is -0.444 e. The Morgan fingerprint density at radius 2 is 2.10 bits per heavy atom. The molecule has 3 aromatic rings. The standard InChI is InChI=1S/C21H24BrClN4O2/c1-21(2,3)29-20(28)27-15(12-24-14-9-17(22)19(23)26-11-14)8-13-10-25-18-7-5-4-6-16(13)18/h4-7,9-11,15,24-25H,8,12H2,1-3H3,(H,27,28)/t15-/m1/s1. The number of aromatic nitrogens is 2. The monoisotopic (exact) mass is 478 g/mol. The molecule has 0 spiro atoms. The van der Waals surface area contributed by atoms with Crippen LogP contribution in [0.15, 0.2) is 47.2 Å². The number of rotatable bonds is 6. The number of hydrogen-bond acceptors (Lipinski definition) is 4. The van der Waals surface area contributed by atoms with Gasteiger partial charge in [-0.1, -0.05) is 29.8 Å². The number of hydrogen-bond donors (Lipinski definition) is 3. The van der Waals surface area contributed by atoms with E-state index >= 15 is 0 Å². The van der Waals surface area contributed by atoms with E-state index in [2.05, 4.69) is 42.6 Å². The van der Waals surface area contributed by atoms with E-state index in [1.54, 1.807) is 6.20 Å². The molecule has 0 aliphatic carbocycles. The summed E-state index contributed by atoms with van der Waals surface area (Å²) in [4.78, 5) is 19.8. The Labute approximate surface area is 183 Å². The second-order valence-electron chi connectivity index (χ2n) is 7.78. The van der Waals surface area contributed by atoms with E-state index in [9.17, 15) is 4.79 Å². The Balaban J connectivity index is 1.75. The molecule has 3 N–H and O–H groups in total. The van der Waals surface area contributed by atoms with Crippen molar-refractivity contribution >= 4 is 50.2 Å². The topological polar surface area (TPSA) is 79.0 Å². The highest BCUT2D eigenvalue weighted by molar-refractivity contribution is 9.10. The fraction of sp³-hybridized carbons (Fsp3) is 0.333. The van der Waals surface area contributed by atoms with E-state index in [0.717, 1.165) is 22.2 Å². The highest BCUT2D eigenvalue weighted by Gasteiger charge is 2.21. The second-order valence-corrected chi connectivity index (χ2v) is 9.00. The zero-order chi connectivity index (χ0) is 21.0. The number of fused-ring (bicyclic) bond motifs is 1. The molecule has 0 aliphatic heterocycles. The number of carbonyl (C=O) groups is 1. The molecule has 0 saturated carbocycles. The SMILES string of the molecule is CC(C)(C)OC(=O)N[C@@H](CNc1cnc(Cl)c(Br)c1)Cc1c[nH]c2ccccc12. The van der Waals surface area contributed by atoms with Crippen LogP contribution in [0.25, 0.3) is 10.9 Å². The van der Waals surface area contributed by atoms with E-state index in [1.165, 1.54) is 0 Å². The Morgan fingerprint density at radius 1 is 1.34 bits per heavy atom. The third kappa shape index (κ3) is 6.11. The molecule has 2 aromatic heterocycles. The summed E-state index contributed by atoms with van der Waals surface area (Å²) in [5, 5.41) is 7.83. The van der Waals surface area contributed by atoms with Gasteiger partial charge >= 0.3 is 6.09 Å². The molecule has 6 nitrogen and oxygen atoms in total. The average Bonchev–Trinajstić information content (AvgIpc) is 3.04. The molecule has 0 radical (unpaired) electrons. The lowest BCUT2D eigenvalue weighted by Gasteiger charge is -2.24. The van der Waals surface area contributed by atoms with Crippen molar-refractivity contribution in [2.75, 3.05) is 11.9 Å². The van der Waals surface area contributed by atoms with E-state index in [4.69, 9.17) is 16.3 Å². The smallest absolute Gasteiger partial charge is 0.407 e. The van der Waals surface area contributed by atoms with Gasteiger partial charge in [0.25, 0.3) is 0 Å². The molecular weight excluding hydrogens is 456 g/mol. The van der Waals surface area contributed by atoms with Gasteiger partial charge in [0.05, 0.1) is 22.4 Å². The van der Waals surface area contributed by atoms with Crippen LogP contribution in [0.4, 0.5) is 10.5 Å². The van der Waals surface area contributed by atoms with Crippen LogP contribution < -0.4 is 10.6 Å². The molecule has 0 aliphatic rings. The van der Waals surface area contributed by atoms with Crippen LogP contribution >= 0.6 is 27.5 Å². The molecule has 2 heterocycles. The number of halogens is 2. The molecule has 0 saturated heterocycles. The maximum absolute atomic E-state index is 12.4. The van der Waals surface area contributed by atoms with Crippen LogP contribution in [-0.2, 0) is 11.2 Å². The minimum atomic E-state index is -0.562. The lowest BCUT2D eigenvalue weighted by molar-refractivity contribution is 0.0507. The molecule has 1 amide bonds. The van der Waals surface area contributed by atoms with Gasteiger partial charge < -0.3 is 20.4 Å². The lowest BCUT2D eigenvalue weighted by atomic mass is 10.0. The first kappa shape index (κ1) is 21.5. The van der Waals surface area contributed by atoms with E-state index in [-0.39, 0.29) is 6.04 Å². The molecule has 0 bridgehead atoms. The van der Waals surface area contributed by atoms with Gasteiger partial charge in [-0.05, 0) is 60.8 Å². The maximum atomic E-state index is 12.4. The first-order valence-electron chi connectivity index (χ1n) is 9.31. The molecule has 29 heavy (non-hydrogen) atoms. The van der Waals surface area contributed by atoms with Gasteiger partial charge in [-0.15, -0.1) is 0 Å².